The maximum atomic E-state index is 13.0. The lowest BCUT2D eigenvalue weighted by Crippen LogP contribution is -2.36. The molecule has 2 N–H and O–H groups in total. The molecule has 1 aromatic heterocycles. The molecule has 2 aromatic carbocycles. The Hall–Kier alpha value is -2.94. The van der Waals surface area contributed by atoms with Crippen molar-refractivity contribution in [3.8, 4) is 0 Å². The van der Waals surface area contributed by atoms with Gasteiger partial charge in [0.15, 0.2) is 0 Å². The van der Waals surface area contributed by atoms with E-state index in [-0.39, 0.29) is 30.5 Å². The standard InChI is InChI=1S/C20H18N2O5S/c23-11-12-27-13-22-19(28-15-9-5-2-6-10-15)16(18(25)21-20(22)26)17(24)14-7-3-1-4-8-14/h1-10,23H,11-13H2,(H,21,25,26). The van der Waals surface area contributed by atoms with Gasteiger partial charge in [-0.15, -0.1) is 0 Å². The number of aromatic amines is 1. The quantitative estimate of drug-likeness (QED) is 0.341. The van der Waals surface area contributed by atoms with E-state index in [4.69, 9.17) is 9.84 Å². The van der Waals surface area contributed by atoms with E-state index in [2.05, 4.69) is 4.98 Å². The van der Waals surface area contributed by atoms with Gasteiger partial charge in [0.2, 0.25) is 5.78 Å². The van der Waals surface area contributed by atoms with Crippen LogP contribution in [0.3, 0.4) is 0 Å². The Morgan fingerprint density at radius 2 is 1.68 bits per heavy atom. The molecule has 144 valence electrons. The summed E-state index contributed by atoms with van der Waals surface area (Å²) in [5, 5.41) is 9.11. The number of aliphatic hydroxyl groups is 1. The number of aliphatic hydroxyl groups excluding tert-OH is 1. The number of nitrogens with one attached hydrogen (secondary N) is 1. The van der Waals surface area contributed by atoms with Gasteiger partial charge < -0.3 is 9.84 Å². The number of carbonyl (C=O) groups excluding carboxylic acids is 1. The molecule has 0 aliphatic heterocycles. The minimum absolute atomic E-state index is 0.0168. The summed E-state index contributed by atoms with van der Waals surface area (Å²) in [6, 6.07) is 17.5. The van der Waals surface area contributed by atoms with Crippen molar-refractivity contribution in [2.75, 3.05) is 13.2 Å². The maximum Gasteiger partial charge on any atom is 0.331 e. The van der Waals surface area contributed by atoms with Crippen LogP contribution in [0, 0.1) is 0 Å². The second-order valence-electron chi connectivity index (χ2n) is 5.74. The monoisotopic (exact) mass is 398 g/mol. The van der Waals surface area contributed by atoms with Crippen LogP contribution in [0.2, 0.25) is 0 Å². The summed E-state index contributed by atoms with van der Waals surface area (Å²) in [4.78, 5) is 40.9. The maximum absolute atomic E-state index is 13.0. The molecular weight excluding hydrogens is 380 g/mol. The van der Waals surface area contributed by atoms with E-state index in [0.29, 0.717) is 5.56 Å². The van der Waals surface area contributed by atoms with Gasteiger partial charge in [-0.3, -0.25) is 19.1 Å². The number of aromatic nitrogens is 2. The number of carbonyl (C=O) groups is 1. The van der Waals surface area contributed by atoms with E-state index in [9.17, 15) is 14.4 Å². The lowest BCUT2D eigenvalue weighted by Gasteiger charge is -2.15. The summed E-state index contributed by atoms with van der Waals surface area (Å²) >= 11 is 1.13. The molecule has 0 unspecified atom stereocenters. The molecule has 8 heteroatoms. The fourth-order valence-corrected chi connectivity index (χ4v) is 3.58. The van der Waals surface area contributed by atoms with E-state index < -0.39 is 17.0 Å². The highest BCUT2D eigenvalue weighted by molar-refractivity contribution is 7.99. The van der Waals surface area contributed by atoms with E-state index >= 15 is 0 Å². The van der Waals surface area contributed by atoms with Gasteiger partial charge in [0, 0.05) is 10.5 Å². The Morgan fingerprint density at radius 1 is 1.04 bits per heavy atom. The first kappa shape index (κ1) is 19.8. The van der Waals surface area contributed by atoms with Crippen LogP contribution < -0.4 is 11.2 Å². The summed E-state index contributed by atoms with van der Waals surface area (Å²) in [7, 11) is 0. The predicted molar refractivity (Wildman–Crippen MR) is 105 cm³/mol. The SMILES string of the molecule is O=C(c1ccccc1)c1c(Sc2ccccc2)n(COCCO)c(=O)[nH]c1=O. The Balaban J connectivity index is 2.16. The zero-order valence-electron chi connectivity index (χ0n) is 14.8. The molecule has 3 aromatic rings. The number of nitrogens with zero attached hydrogens (tertiary/aromatic N) is 1. The summed E-state index contributed by atoms with van der Waals surface area (Å²) in [6.07, 6.45) is 0. The van der Waals surface area contributed by atoms with Gasteiger partial charge >= 0.3 is 5.69 Å². The number of rotatable bonds is 8. The fourth-order valence-electron chi connectivity index (χ4n) is 2.53. The van der Waals surface area contributed by atoms with Gasteiger partial charge in [0.05, 0.1) is 13.2 Å². The predicted octanol–water partition coefficient (Wildman–Crippen LogP) is 1.89. The number of ether oxygens (including phenoxy) is 1. The number of ketones is 1. The van der Waals surface area contributed by atoms with Crippen molar-refractivity contribution in [3.05, 3.63) is 92.6 Å². The summed E-state index contributed by atoms with van der Waals surface area (Å²) in [6.45, 7) is -0.404. The fraction of sp³-hybridized carbons (Fsp3) is 0.150. The van der Waals surface area contributed by atoms with Gasteiger partial charge in [-0.2, -0.15) is 0 Å². The summed E-state index contributed by atoms with van der Waals surface area (Å²) < 4.78 is 6.46. The van der Waals surface area contributed by atoms with Crippen molar-refractivity contribution in [2.24, 2.45) is 0 Å². The van der Waals surface area contributed by atoms with Gasteiger partial charge in [-0.05, 0) is 12.1 Å². The van der Waals surface area contributed by atoms with Crippen LogP contribution in [0.4, 0.5) is 0 Å². The third kappa shape index (κ3) is 4.48. The molecule has 7 nitrogen and oxygen atoms in total. The number of hydrogen-bond acceptors (Lipinski definition) is 6. The number of H-pyrrole nitrogens is 1. The molecule has 0 saturated carbocycles. The van der Waals surface area contributed by atoms with Gasteiger partial charge in [-0.1, -0.05) is 60.3 Å². The Kier molecular flexibility index (Phi) is 6.59. The molecule has 0 saturated heterocycles. The zero-order chi connectivity index (χ0) is 19.9. The molecule has 0 aliphatic carbocycles. The smallest absolute Gasteiger partial charge is 0.331 e. The largest absolute Gasteiger partial charge is 0.394 e. The van der Waals surface area contributed by atoms with Crippen molar-refractivity contribution in [2.45, 2.75) is 16.7 Å². The van der Waals surface area contributed by atoms with E-state index in [1.165, 1.54) is 4.57 Å². The zero-order valence-corrected chi connectivity index (χ0v) is 15.6. The van der Waals surface area contributed by atoms with Crippen molar-refractivity contribution in [1.82, 2.24) is 9.55 Å². The van der Waals surface area contributed by atoms with E-state index in [0.717, 1.165) is 16.7 Å². The van der Waals surface area contributed by atoms with Crippen LogP contribution in [0.15, 0.2) is 80.2 Å². The first-order valence-electron chi connectivity index (χ1n) is 8.50. The van der Waals surface area contributed by atoms with Gasteiger partial charge in [0.25, 0.3) is 5.56 Å². The molecule has 3 rings (SSSR count). The Morgan fingerprint density at radius 3 is 2.32 bits per heavy atom. The van der Waals surface area contributed by atoms with Crippen LogP contribution in [0.5, 0.6) is 0 Å². The topological polar surface area (TPSA) is 101 Å². The summed E-state index contributed by atoms with van der Waals surface area (Å²) in [5.74, 6) is -0.490. The Labute approximate surface area is 164 Å². The molecule has 28 heavy (non-hydrogen) atoms. The average molecular weight is 398 g/mol. The lowest BCUT2D eigenvalue weighted by molar-refractivity contribution is 0.0410. The third-order valence-electron chi connectivity index (χ3n) is 3.83. The molecule has 0 atom stereocenters. The first-order chi connectivity index (χ1) is 13.6. The molecule has 1 heterocycles. The van der Waals surface area contributed by atoms with Crippen molar-refractivity contribution in [3.63, 3.8) is 0 Å². The van der Waals surface area contributed by atoms with Crippen LogP contribution in [0.25, 0.3) is 0 Å². The number of hydrogen-bond donors (Lipinski definition) is 2. The molecule has 0 aliphatic rings. The minimum Gasteiger partial charge on any atom is -0.394 e. The Bertz CT molecular complexity index is 1060. The molecular formula is C20H18N2O5S. The third-order valence-corrected chi connectivity index (χ3v) is 4.95. The van der Waals surface area contributed by atoms with Crippen molar-refractivity contribution < 1.29 is 14.6 Å². The normalized spacial score (nSPS) is 10.8. The van der Waals surface area contributed by atoms with Crippen molar-refractivity contribution >= 4 is 17.5 Å². The molecule has 0 bridgehead atoms. The van der Waals surface area contributed by atoms with Gasteiger partial charge in [-0.25, -0.2) is 4.79 Å². The van der Waals surface area contributed by atoms with Crippen molar-refractivity contribution in [1.29, 1.82) is 0 Å². The molecule has 0 amide bonds. The van der Waals surface area contributed by atoms with Crippen LogP contribution >= 0.6 is 11.8 Å². The molecule has 0 radical (unpaired) electrons. The summed E-state index contributed by atoms with van der Waals surface area (Å²) in [5.41, 5.74) is -1.24. The van der Waals surface area contributed by atoms with E-state index in [1.54, 1.807) is 30.3 Å². The van der Waals surface area contributed by atoms with Crippen LogP contribution in [-0.2, 0) is 11.5 Å². The lowest BCUT2D eigenvalue weighted by atomic mass is 10.1. The van der Waals surface area contributed by atoms with Crippen LogP contribution in [0.1, 0.15) is 15.9 Å². The second kappa shape index (κ2) is 9.32. The average Bonchev–Trinajstić information content (AvgIpc) is 2.71. The highest BCUT2D eigenvalue weighted by atomic mass is 32.2. The van der Waals surface area contributed by atoms with E-state index in [1.807, 2.05) is 30.3 Å². The molecule has 0 fully saturated rings. The highest BCUT2D eigenvalue weighted by Gasteiger charge is 2.23. The van der Waals surface area contributed by atoms with Gasteiger partial charge in [0.1, 0.15) is 17.3 Å². The molecule has 0 spiro atoms. The number of benzene rings is 2. The highest BCUT2D eigenvalue weighted by Crippen LogP contribution is 2.29. The first-order valence-corrected chi connectivity index (χ1v) is 9.32. The second-order valence-corrected chi connectivity index (χ2v) is 6.80. The van der Waals surface area contributed by atoms with Crippen LogP contribution in [-0.4, -0.2) is 33.7 Å². The minimum atomic E-state index is -0.754.